The van der Waals surface area contributed by atoms with E-state index < -0.39 is 0 Å². The van der Waals surface area contributed by atoms with Crippen molar-refractivity contribution >= 4 is 17.5 Å². The van der Waals surface area contributed by atoms with Crippen molar-refractivity contribution in [3.05, 3.63) is 84.0 Å². The number of ketones is 1. The molecule has 3 nitrogen and oxygen atoms in total. The second-order valence-electron chi connectivity index (χ2n) is 5.04. The van der Waals surface area contributed by atoms with Crippen molar-refractivity contribution in [3.63, 3.8) is 0 Å². The molecule has 23 heavy (non-hydrogen) atoms. The smallest absolute Gasteiger partial charge is 0.199 e. The van der Waals surface area contributed by atoms with E-state index in [-0.39, 0.29) is 23.3 Å². The first-order valence-electron chi connectivity index (χ1n) is 7.18. The first-order valence-corrected chi connectivity index (χ1v) is 8.23. The first kappa shape index (κ1) is 15.6. The van der Waals surface area contributed by atoms with Crippen molar-refractivity contribution < 1.29 is 18.0 Å². The van der Waals surface area contributed by atoms with Gasteiger partial charge in [-0.05, 0) is 42.0 Å². The number of halogens is 1. The Morgan fingerprint density at radius 3 is 2.43 bits per heavy atom. The maximum atomic E-state index is 13.1. The van der Waals surface area contributed by atoms with Crippen molar-refractivity contribution in [1.29, 1.82) is 0 Å². The van der Waals surface area contributed by atoms with Gasteiger partial charge in [-0.15, -0.1) is 11.8 Å². The SMILES string of the molecule is O=C(C[C@H](SCc1ccco1)c1ccc(F)cc1)c1ccco1. The molecule has 1 aromatic carbocycles. The van der Waals surface area contributed by atoms with Gasteiger partial charge in [0.1, 0.15) is 11.6 Å². The fourth-order valence-electron chi connectivity index (χ4n) is 2.23. The molecule has 3 rings (SSSR count). The molecule has 3 aromatic rings. The van der Waals surface area contributed by atoms with E-state index in [9.17, 15) is 9.18 Å². The number of carbonyl (C=O) groups excluding carboxylic acids is 1. The molecule has 2 aromatic heterocycles. The van der Waals surface area contributed by atoms with E-state index in [1.165, 1.54) is 18.4 Å². The Kier molecular flexibility index (Phi) is 4.98. The van der Waals surface area contributed by atoms with E-state index in [0.717, 1.165) is 11.3 Å². The lowest BCUT2D eigenvalue weighted by Crippen LogP contribution is -2.05. The van der Waals surface area contributed by atoms with Crippen LogP contribution in [0, 0.1) is 5.82 Å². The zero-order chi connectivity index (χ0) is 16.1. The maximum absolute atomic E-state index is 13.1. The van der Waals surface area contributed by atoms with E-state index in [1.807, 2.05) is 12.1 Å². The van der Waals surface area contributed by atoms with Gasteiger partial charge in [0.2, 0.25) is 0 Å². The van der Waals surface area contributed by atoms with E-state index in [1.54, 1.807) is 42.3 Å². The molecule has 1 atom stereocenters. The molecule has 0 spiro atoms. The van der Waals surface area contributed by atoms with Gasteiger partial charge in [0, 0.05) is 11.7 Å². The molecule has 0 fully saturated rings. The number of carbonyl (C=O) groups is 1. The molecular formula is C18H15FO3S. The van der Waals surface area contributed by atoms with Gasteiger partial charge in [-0.25, -0.2) is 4.39 Å². The van der Waals surface area contributed by atoms with Crippen LogP contribution in [0.5, 0.6) is 0 Å². The van der Waals surface area contributed by atoms with Crippen LogP contribution in [-0.4, -0.2) is 5.78 Å². The van der Waals surface area contributed by atoms with Gasteiger partial charge >= 0.3 is 0 Å². The standard InChI is InChI=1S/C18H15FO3S/c19-14-7-5-13(6-8-14)18(23-12-15-3-1-9-21-15)11-16(20)17-4-2-10-22-17/h1-10,18H,11-12H2/t18-/m0/s1. The highest BCUT2D eigenvalue weighted by Gasteiger charge is 2.20. The number of hydrogen-bond acceptors (Lipinski definition) is 4. The lowest BCUT2D eigenvalue weighted by Gasteiger charge is -2.15. The Morgan fingerprint density at radius 2 is 1.78 bits per heavy atom. The minimum absolute atomic E-state index is 0.0729. The van der Waals surface area contributed by atoms with Gasteiger partial charge in [0.05, 0.1) is 18.3 Å². The Bertz CT molecular complexity index is 733. The molecule has 0 N–H and O–H groups in total. The highest BCUT2D eigenvalue weighted by molar-refractivity contribution is 7.98. The summed E-state index contributed by atoms with van der Waals surface area (Å²) in [5.41, 5.74) is 0.905. The van der Waals surface area contributed by atoms with Crippen molar-refractivity contribution in [1.82, 2.24) is 0 Å². The minimum Gasteiger partial charge on any atom is -0.468 e. The van der Waals surface area contributed by atoms with E-state index in [2.05, 4.69) is 0 Å². The molecule has 0 saturated heterocycles. The van der Waals surface area contributed by atoms with Gasteiger partial charge in [0.25, 0.3) is 0 Å². The van der Waals surface area contributed by atoms with Crippen LogP contribution in [0.15, 0.2) is 69.9 Å². The Labute approximate surface area is 137 Å². The largest absolute Gasteiger partial charge is 0.468 e. The number of benzene rings is 1. The third-order valence-corrected chi connectivity index (χ3v) is 4.71. The van der Waals surface area contributed by atoms with E-state index in [4.69, 9.17) is 8.83 Å². The molecule has 0 aliphatic heterocycles. The first-order chi connectivity index (χ1) is 11.2. The van der Waals surface area contributed by atoms with Crippen LogP contribution in [-0.2, 0) is 5.75 Å². The Hall–Kier alpha value is -2.27. The highest BCUT2D eigenvalue weighted by Crippen LogP contribution is 2.35. The minimum atomic E-state index is -0.291. The summed E-state index contributed by atoms with van der Waals surface area (Å²) in [5, 5.41) is -0.0988. The summed E-state index contributed by atoms with van der Waals surface area (Å²) >= 11 is 1.59. The monoisotopic (exact) mass is 330 g/mol. The van der Waals surface area contributed by atoms with Crippen LogP contribution < -0.4 is 0 Å². The number of furan rings is 2. The van der Waals surface area contributed by atoms with Crippen molar-refractivity contribution in [3.8, 4) is 0 Å². The summed E-state index contributed by atoms with van der Waals surface area (Å²) in [6.45, 7) is 0. The summed E-state index contributed by atoms with van der Waals surface area (Å²) in [4.78, 5) is 12.3. The molecule has 0 unspecified atom stereocenters. The zero-order valence-electron chi connectivity index (χ0n) is 12.3. The number of Topliss-reactive ketones (excluding diaryl/α,β-unsaturated/α-hetero) is 1. The predicted octanol–water partition coefficient (Wildman–Crippen LogP) is 5.26. The summed E-state index contributed by atoms with van der Waals surface area (Å²) in [7, 11) is 0. The summed E-state index contributed by atoms with van der Waals surface area (Å²) < 4.78 is 23.6. The fraction of sp³-hybridized carbons (Fsp3) is 0.167. The van der Waals surface area contributed by atoms with Crippen LogP contribution in [0.3, 0.4) is 0 Å². The van der Waals surface area contributed by atoms with Crippen LogP contribution in [0.2, 0.25) is 0 Å². The molecule has 0 radical (unpaired) electrons. The van der Waals surface area contributed by atoms with Crippen LogP contribution in [0.4, 0.5) is 4.39 Å². The Morgan fingerprint density at radius 1 is 1.04 bits per heavy atom. The van der Waals surface area contributed by atoms with E-state index in [0.29, 0.717) is 11.5 Å². The van der Waals surface area contributed by atoms with Gasteiger partial charge in [-0.2, -0.15) is 0 Å². The van der Waals surface area contributed by atoms with Crippen LogP contribution in [0.1, 0.15) is 33.5 Å². The Balaban J connectivity index is 1.74. The fourth-order valence-corrected chi connectivity index (χ4v) is 3.38. The van der Waals surface area contributed by atoms with Crippen molar-refractivity contribution in [2.24, 2.45) is 0 Å². The van der Waals surface area contributed by atoms with Crippen LogP contribution >= 0.6 is 11.8 Å². The van der Waals surface area contributed by atoms with Crippen molar-refractivity contribution in [2.45, 2.75) is 17.4 Å². The molecule has 5 heteroatoms. The topological polar surface area (TPSA) is 43.4 Å². The maximum Gasteiger partial charge on any atom is 0.199 e. The summed E-state index contributed by atoms with van der Waals surface area (Å²) in [6.07, 6.45) is 3.39. The molecule has 0 saturated carbocycles. The second kappa shape index (κ2) is 7.33. The van der Waals surface area contributed by atoms with Gasteiger partial charge in [0.15, 0.2) is 11.5 Å². The lowest BCUT2D eigenvalue weighted by atomic mass is 10.1. The summed E-state index contributed by atoms with van der Waals surface area (Å²) in [5.74, 6) is 1.46. The average molecular weight is 330 g/mol. The molecule has 118 valence electrons. The molecule has 0 aliphatic rings. The van der Waals surface area contributed by atoms with Gasteiger partial charge < -0.3 is 8.83 Å². The summed E-state index contributed by atoms with van der Waals surface area (Å²) in [6, 6.07) is 13.3. The zero-order valence-corrected chi connectivity index (χ0v) is 13.1. The molecule has 0 aliphatic carbocycles. The van der Waals surface area contributed by atoms with Gasteiger partial charge in [-0.3, -0.25) is 4.79 Å². The third kappa shape index (κ3) is 4.13. The molecule has 0 bridgehead atoms. The van der Waals surface area contributed by atoms with Crippen molar-refractivity contribution in [2.75, 3.05) is 0 Å². The number of rotatable bonds is 7. The average Bonchev–Trinajstić information content (AvgIpc) is 3.25. The normalized spacial score (nSPS) is 12.2. The van der Waals surface area contributed by atoms with Gasteiger partial charge in [-0.1, -0.05) is 12.1 Å². The quantitative estimate of drug-likeness (QED) is 0.554. The third-order valence-electron chi connectivity index (χ3n) is 3.42. The second-order valence-corrected chi connectivity index (χ2v) is 6.23. The lowest BCUT2D eigenvalue weighted by molar-refractivity contribution is 0.0955. The predicted molar refractivity (Wildman–Crippen MR) is 86.8 cm³/mol. The highest BCUT2D eigenvalue weighted by atomic mass is 32.2. The van der Waals surface area contributed by atoms with Crippen LogP contribution in [0.25, 0.3) is 0 Å². The molecular weight excluding hydrogens is 315 g/mol. The molecule has 0 amide bonds. The van der Waals surface area contributed by atoms with E-state index >= 15 is 0 Å². The number of thioether (sulfide) groups is 1. The number of hydrogen-bond donors (Lipinski definition) is 0. The molecule has 2 heterocycles.